The maximum absolute atomic E-state index is 12.0. The van der Waals surface area contributed by atoms with E-state index in [9.17, 15) is 4.79 Å². The Balaban J connectivity index is 1.93. The van der Waals surface area contributed by atoms with Gasteiger partial charge in [0.2, 0.25) is 0 Å². The summed E-state index contributed by atoms with van der Waals surface area (Å²) < 4.78 is 0. The van der Waals surface area contributed by atoms with E-state index in [4.69, 9.17) is 0 Å². The van der Waals surface area contributed by atoms with Crippen molar-refractivity contribution in [3.8, 4) is 0 Å². The third kappa shape index (κ3) is 3.51. The molecule has 4 nitrogen and oxygen atoms in total. The summed E-state index contributed by atoms with van der Waals surface area (Å²) in [5.41, 5.74) is 0. The van der Waals surface area contributed by atoms with Crippen molar-refractivity contribution in [1.82, 2.24) is 10.2 Å². The van der Waals surface area contributed by atoms with E-state index < -0.39 is 4.87 Å². The molecule has 1 N–H and O–H groups in total. The van der Waals surface area contributed by atoms with E-state index in [0.29, 0.717) is 6.04 Å². The molecule has 0 saturated heterocycles. The van der Waals surface area contributed by atoms with Crippen LogP contribution in [-0.4, -0.2) is 41.0 Å². The molecule has 1 unspecified atom stereocenters. The predicted molar refractivity (Wildman–Crippen MR) is 81.4 cm³/mol. The highest BCUT2D eigenvalue weighted by Crippen LogP contribution is 2.35. The van der Waals surface area contributed by atoms with Crippen molar-refractivity contribution in [2.75, 3.05) is 14.1 Å². The van der Waals surface area contributed by atoms with Gasteiger partial charge in [-0.25, -0.2) is 0 Å². The number of amidine groups is 1. The molecule has 0 aromatic carbocycles. The fourth-order valence-corrected chi connectivity index (χ4v) is 3.62. The summed E-state index contributed by atoms with van der Waals surface area (Å²) in [6.45, 7) is 1.94. The van der Waals surface area contributed by atoms with Gasteiger partial charge in [0.15, 0.2) is 10.0 Å². The quantitative estimate of drug-likeness (QED) is 0.846. The minimum absolute atomic E-state index is 0.0455. The molecule has 19 heavy (non-hydrogen) atoms. The Morgan fingerprint density at radius 1 is 1.21 bits per heavy atom. The Labute approximate surface area is 120 Å². The van der Waals surface area contributed by atoms with Crippen molar-refractivity contribution in [3.63, 3.8) is 0 Å². The third-order valence-corrected chi connectivity index (χ3v) is 5.52. The second kappa shape index (κ2) is 6.27. The number of carbonyl (C=O) groups excluding carboxylic acids is 1. The summed E-state index contributed by atoms with van der Waals surface area (Å²) in [5.74, 6) is -0.0455. The highest BCUT2D eigenvalue weighted by atomic mass is 32.2. The fourth-order valence-electron chi connectivity index (χ4n) is 2.57. The van der Waals surface area contributed by atoms with Crippen LogP contribution in [0.4, 0.5) is 0 Å². The molecule has 1 heterocycles. The van der Waals surface area contributed by atoms with Gasteiger partial charge in [-0.2, -0.15) is 4.99 Å². The molecule has 5 heteroatoms. The van der Waals surface area contributed by atoms with Gasteiger partial charge in [0.05, 0.1) is 0 Å². The number of aliphatic imine (C=N–C) groups is 1. The number of carbonyl (C=O) groups is 1. The lowest BCUT2D eigenvalue weighted by atomic mass is 9.97. The lowest BCUT2D eigenvalue weighted by Gasteiger charge is -2.28. The number of likely N-dealkylation sites (N-methyl/N-ethyl adjacent to an activating group) is 1. The second-order valence-corrected chi connectivity index (χ2v) is 7.27. The Bertz CT molecular complexity index is 362. The zero-order valence-corrected chi connectivity index (χ0v) is 13.1. The van der Waals surface area contributed by atoms with Crippen LogP contribution in [0.3, 0.4) is 0 Å². The third-order valence-electron chi connectivity index (χ3n) is 4.18. The summed E-state index contributed by atoms with van der Waals surface area (Å²) in [5, 5.41) is 4.30. The van der Waals surface area contributed by atoms with E-state index in [2.05, 4.69) is 10.3 Å². The Morgan fingerprint density at radius 2 is 1.79 bits per heavy atom. The number of nitrogens with one attached hydrogen (secondary N) is 1. The predicted octanol–water partition coefficient (Wildman–Crippen LogP) is 2.60. The topological polar surface area (TPSA) is 44.7 Å². The van der Waals surface area contributed by atoms with E-state index in [1.165, 1.54) is 44.9 Å². The van der Waals surface area contributed by atoms with Crippen LogP contribution in [0, 0.1) is 0 Å². The molecule has 2 aliphatic rings. The van der Waals surface area contributed by atoms with Gasteiger partial charge in [0.1, 0.15) is 0 Å². The monoisotopic (exact) mass is 283 g/mol. The minimum atomic E-state index is -0.538. The van der Waals surface area contributed by atoms with Crippen LogP contribution in [-0.2, 0) is 4.79 Å². The second-order valence-electron chi connectivity index (χ2n) is 5.89. The van der Waals surface area contributed by atoms with Crippen LogP contribution in [0.25, 0.3) is 0 Å². The Morgan fingerprint density at radius 3 is 2.32 bits per heavy atom. The molecule has 1 amide bonds. The zero-order chi connectivity index (χ0) is 13.9. The molecule has 0 aromatic rings. The first-order valence-electron chi connectivity index (χ1n) is 7.28. The fraction of sp³-hybridized carbons (Fsp3) is 0.857. The zero-order valence-electron chi connectivity index (χ0n) is 12.2. The highest BCUT2D eigenvalue weighted by molar-refractivity contribution is 8.16. The van der Waals surface area contributed by atoms with Crippen molar-refractivity contribution < 1.29 is 4.79 Å². The maximum atomic E-state index is 12.0. The minimum Gasteiger partial charge on any atom is -0.362 e. The first-order chi connectivity index (χ1) is 9.02. The lowest BCUT2D eigenvalue weighted by molar-refractivity contribution is -0.122. The van der Waals surface area contributed by atoms with Gasteiger partial charge in [-0.3, -0.25) is 9.69 Å². The van der Waals surface area contributed by atoms with Crippen LogP contribution in [0.2, 0.25) is 0 Å². The number of hydrogen-bond donors (Lipinski definition) is 1. The average molecular weight is 283 g/mol. The van der Waals surface area contributed by atoms with Gasteiger partial charge in [0.25, 0.3) is 5.91 Å². The molecule has 0 radical (unpaired) electrons. The highest BCUT2D eigenvalue weighted by Gasteiger charge is 2.43. The summed E-state index contributed by atoms with van der Waals surface area (Å²) in [6, 6.07) is 0.490. The first kappa shape index (κ1) is 14.9. The van der Waals surface area contributed by atoms with Crippen LogP contribution in [0.5, 0.6) is 0 Å². The molecular weight excluding hydrogens is 258 g/mol. The lowest BCUT2D eigenvalue weighted by Crippen LogP contribution is -2.43. The van der Waals surface area contributed by atoms with E-state index in [1.54, 1.807) is 11.8 Å². The summed E-state index contributed by atoms with van der Waals surface area (Å²) in [7, 11) is 3.86. The SMILES string of the molecule is CN(C)C1(C)SC(NC2CCCCCCC2)=NC1=O. The van der Waals surface area contributed by atoms with E-state index in [0.717, 1.165) is 5.17 Å². The number of hydrogen-bond acceptors (Lipinski definition) is 4. The summed E-state index contributed by atoms with van der Waals surface area (Å²) in [6.07, 6.45) is 9.03. The number of nitrogens with zero attached hydrogens (tertiary/aromatic N) is 2. The largest absolute Gasteiger partial charge is 0.362 e. The standard InChI is InChI=1S/C14H25N3OS/c1-14(17(2)3)12(18)16-13(19-14)15-11-9-7-5-4-6-8-10-11/h11H,4-10H2,1-3H3,(H,15,16,18). The summed E-state index contributed by atoms with van der Waals surface area (Å²) >= 11 is 1.55. The molecule has 0 bridgehead atoms. The molecule has 1 saturated carbocycles. The Kier molecular flexibility index (Phi) is 4.90. The van der Waals surface area contributed by atoms with Crippen LogP contribution < -0.4 is 5.32 Å². The molecule has 1 aliphatic carbocycles. The van der Waals surface area contributed by atoms with Crippen LogP contribution in [0.15, 0.2) is 4.99 Å². The van der Waals surface area contributed by atoms with Gasteiger partial charge in [0, 0.05) is 6.04 Å². The van der Waals surface area contributed by atoms with Crippen molar-refractivity contribution in [1.29, 1.82) is 0 Å². The van der Waals surface area contributed by atoms with Gasteiger partial charge in [-0.15, -0.1) is 0 Å². The van der Waals surface area contributed by atoms with E-state index in [1.807, 2.05) is 25.9 Å². The van der Waals surface area contributed by atoms with Crippen LogP contribution in [0.1, 0.15) is 51.9 Å². The Hall–Kier alpha value is -0.550. The van der Waals surface area contributed by atoms with Gasteiger partial charge in [-0.05, 0) is 33.9 Å². The molecule has 1 fully saturated rings. The van der Waals surface area contributed by atoms with Crippen molar-refractivity contribution in [2.24, 2.45) is 4.99 Å². The number of amides is 1. The smallest absolute Gasteiger partial charge is 0.279 e. The van der Waals surface area contributed by atoms with Crippen molar-refractivity contribution >= 4 is 22.8 Å². The molecule has 1 atom stereocenters. The normalized spacial score (nSPS) is 30.1. The van der Waals surface area contributed by atoms with E-state index in [-0.39, 0.29) is 5.91 Å². The van der Waals surface area contributed by atoms with Gasteiger partial charge in [-0.1, -0.05) is 43.9 Å². The van der Waals surface area contributed by atoms with Crippen molar-refractivity contribution in [3.05, 3.63) is 0 Å². The maximum Gasteiger partial charge on any atom is 0.279 e. The van der Waals surface area contributed by atoms with Crippen molar-refractivity contribution in [2.45, 2.75) is 62.8 Å². The molecule has 0 spiro atoms. The first-order valence-corrected chi connectivity index (χ1v) is 8.10. The molecule has 108 valence electrons. The van der Waals surface area contributed by atoms with Gasteiger partial charge < -0.3 is 5.32 Å². The number of thioether (sulfide) groups is 1. The van der Waals surface area contributed by atoms with Gasteiger partial charge >= 0.3 is 0 Å². The molecule has 1 aliphatic heterocycles. The van der Waals surface area contributed by atoms with E-state index >= 15 is 0 Å². The molecule has 2 rings (SSSR count). The molecule has 0 aromatic heterocycles. The average Bonchev–Trinajstić information content (AvgIpc) is 2.59. The summed E-state index contributed by atoms with van der Waals surface area (Å²) in [4.78, 5) is 17.6. The number of rotatable bonds is 2. The van der Waals surface area contributed by atoms with Crippen LogP contribution >= 0.6 is 11.8 Å². The molecular formula is C14H25N3OS.